The Morgan fingerprint density at radius 1 is 1.11 bits per heavy atom. The molecule has 19 heavy (non-hydrogen) atoms. The summed E-state index contributed by atoms with van der Waals surface area (Å²) in [5.74, 6) is -0.597. The van der Waals surface area contributed by atoms with Gasteiger partial charge in [-0.1, -0.05) is 22.0 Å². The van der Waals surface area contributed by atoms with Crippen molar-refractivity contribution in [2.24, 2.45) is 0 Å². The highest BCUT2D eigenvalue weighted by molar-refractivity contribution is 9.10. The van der Waals surface area contributed by atoms with Crippen molar-refractivity contribution < 1.29 is 13.5 Å². The minimum Gasteiger partial charge on any atom is -0.494 e. The number of rotatable bonds is 4. The highest BCUT2D eigenvalue weighted by atomic mass is 79.9. The van der Waals surface area contributed by atoms with Crippen molar-refractivity contribution in [3.05, 3.63) is 58.1 Å². The van der Waals surface area contributed by atoms with Crippen LogP contribution in [-0.2, 0) is 6.54 Å². The Morgan fingerprint density at radius 3 is 2.53 bits per heavy atom. The predicted molar refractivity (Wildman–Crippen MR) is 74.4 cm³/mol. The van der Waals surface area contributed by atoms with Crippen LogP contribution in [0.3, 0.4) is 0 Å². The highest BCUT2D eigenvalue weighted by Gasteiger charge is 2.05. The number of nitrogens with one attached hydrogen (secondary N) is 1. The molecule has 1 N–H and O–H groups in total. The Balaban J connectivity index is 2.08. The first-order chi connectivity index (χ1) is 9.10. The number of benzene rings is 2. The molecule has 5 heteroatoms. The number of hydrogen-bond acceptors (Lipinski definition) is 2. The summed E-state index contributed by atoms with van der Waals surface area (Å²) >= 11 is 3.19. The number of anilines is 1. The largest absolute Gasteiger partial charge is 0.494 e. The lowest BCUT2D eigenvalue weighted by Crippen LogP contribution is -2.02. The lowest BCUT2D eigenvalue weighted by Gasteiger charge is -2.09. The van der Waals surface area contributed by atoms with Gasteiger partial charge in [-0.05, 0) is 35.9 Å². The second-order valence-corrected chi connectivity index (χ2v) is 4.86. The second-order valence-electron chi connectivity index (χ2n) is 3.95. The van der Waals surface area contributed by atoms with E-state index in [1.807, 2.05) is 0 Å². The van der Waals surface area contributed by atoms with Crippen LogP contribution in [0.25, 0.3) is 0 Å². The average Bonchev–Trinajstić information content (AvgIpc) is 2.38. The fourth-order valence-electron chi connectivity index (χ4n) is 1.65. The van der Waals surface area contributed by atoms with E-state index >= 15 is 0 Å². The Labute approximate surface area is 118 Å². The van der Waals surface area contributed by atoms with Gasteiger partial charge < -0.3 is 10.1 Å². The van der Waals surface area contributed by atoms with Gasteiger partial charge in [-0.3, -0.25) is 0 Å². The number of hydrogen-bond donors (Lipinski definition) is 1. The molecule has 0 bridgehead atoms. The van der Waals surface area contributed by atoms with Gasteiger partial charge in [0, 0.05) is 11.0 Å². The van der Waals surface area contributed by atoms with Gasteiger partial charge in [-0.2, -0.15) is 0 Å². The standard InChI is InChI=1S/C14H12BrF2NO/c1-19-14-5-2-9(6-12(14)17)8-18-13-4-3-10(15)7-11(13)16/h2-7,18H,8H2,1H3. The third-order valence-electron chi connectivity index (χ3n) is 2.63. The zero-order valence-electron chi connectivity index (χ0n) is 10.2. The molecule has 0 saturated carbocycles. The maximum Gasteiger partial charge on any atom is 0.165 e. The van der Waals surface area contributed by atoms with Crippen LogP contribution < -0.4 is 10.1 Å². The van der Waals surface area contributed by atoms with Crippen LogP contribution >= 0.6 is 15.9 Å². The van der Waals surface area contributed by atoms with E-state index in [1.165, 1.54) is 19.2 Å². The molecule has 2 rings (SSSR count). The molecule has 0 aromatic heterocycles. The third-order valence-corrected chi connectivity index (χ3v) is 3.12. The van der Waals surface area contributed by atoms with E-state index in [0.29, 0.717) is 22.3 Å². The number of methoxy groups -OCH3 is 1. The molecule has 100 valence electrons. The van der Waals surface area contributed by atoms with Crippen LogP contribution in [0, 0.1) is 11.6 Å². The third kappa shape index (κ3) is 3.44. The van der Waals surface area contributed by atoms with E-state index in [1.54, 1.807) is 24.3 Å². The molecule has 0 amide bonds. The molecule has 0 fully saturated rings. The SMILES string of the molecule is COc1ccc(CNc2ccc(Br)cc2F)cc1F. The summed E-state index contributed by atoms with van der Waals surface area (Å²) in [6.45, 7) is 0.333. The highest BCUT2D eigenvalue weighted by Crippen LogP contribution is 2.21. The van der Waals surface area contributed by atoms with Crippen LogP contribution in [0.1, 0.15) is 5.56 Å². The maximum absolute atomic E-state index is 13.6. The van der Waals surface area contributed by atoms with E-state index < -0.39 is 5.82 Å². The lowest BCUT2D eigenvalue weighted by atomic mass is 10.2. The van der Waals surface area contributed by atoms with Gasteiger partial charge in [-0.25, -0.2) is 8.78 Å². The molecule has 0 heterocycles. The Kier molecular flexibility index (Phi) is 4.37. The molecule has 0 aliphatic heterocycles. The average molecular weight is 328 g/mol. The minimum absolute atomic E-state index is 0.193. The molecule has 2 aromatic carbocycles. The normalized spacial score (nSPS) is 10.3. The fraction of sp³-hybridized carbons (Fsp3) is 0.143. The maximum atomic E-state index is 13.6. The Hall–Kier alpha value is -1.62. The molecular weight excluding hydrogens is 316 g/mol. The van der Waals surface area contributed by atoms with Gasteiger partial charge in [0.2, 0.25) is 0 Å². The van der Waals surface area contributed by atoms with Crippen LogP contribution in [0.15, 0.2) is 40.9 Å². The molecule has 0 unspecified atom stereocenters. The number of halogens is 3. The molecule has 0 atom stereocenters. The van der Waals surface area contributed by atoms with Crippen molar-refractivity contribution >= 4 is 21.6 Å². The molecule has 2 aromatic rings. The van der Waals surface area contributed by atoms with Crippen LogP contribution in [0.2, 0.25) is 0 Å². The van der Waals surface area contributed by atoms with Crippen molar-refractivity contribution in [1.82, 2.24) is 0 Å². The minimum atomic E-state index is -0.432. The number of ether oxygens (including phenoxy) is 1. The van der Waals surface area contributed by atoms with Crippen molar-refractivity contribution in [2.45, 2.75) is 6.54 Å². The van der Waals surface area contributed by atoms with Gasteiger partial charge in [0.1, 0.15) is 5.82 Å². The predicted octanol–water partition coefficient (Wildman–Crippen LogP) is 4.35. The van der Waals surface area contributed by atoms with Crippen LogP contribution in [-0.4, -0.2) is 7.11 Å². The first-order valence-electron chi connectivity index (χ1n) is 5.61. The molecular formula is C14H12BrF2NO. The molecule has 0 saturated heterocycles. The topological polar surface area (TPSA) is 21.3 Å². The lowest BCUT2D eigenvalue weighted by molar-refractivity contribution is 0.386. The quantitative estimate of drug-likeness (QED) is 0.901. The van der Waals surface area contributed by atoms with E-state index in [-0.39, 0.29) is 11.6 Å². The summed E-state index contributed by atoms with van der Waals surface area (Å²) in [6, 6.07) is 9.37. The van der Waals surface area contributed by atoms with Gasteiger partial charge >= 0.3 is 0 Å². The summed E-state index contributed by atoms with van der Waals surface area (Å²) in [5, 5.41) is 2.92. The van der Waals surface area contributed by atoms with Crippen molar-refractivity contribution in [3.8, 4) is 5.75 Å². The summed E-state index contributed by atoms with van der Waals surface area (Å²) in [7, 11) is 1.41. The monoisotopic (exact) mass is 327 g/mol. The summed E-state index contributed by atoms with van der Waals surface area (Å²) < 4.78 is 32.5. The van der Waals surface area contributed by atoms with E-state index in [9.17, 15) is 8.78 Å². The Bertz CT molecular complexity index is 590. The van der Waals surface area contributed by atoms with Gasteiger partial charge in [0.15, 0.2) is 11.6 Å². The van der Waals surface area contributed by atoms with Gasteiger partial charge in [0.05, 0.1) is 12.8 Å². The van der Waals surface area contributed by atoms with E-state index in [0.717, 1.165) is 0 Å². The molecule has 0 aliphatic carbocycles. The summed E-state index contributed by atoms with van der Waals surface area (Å²) in [4.78, 5) is 0. The fourth-order valence-corrected chi connectivity index (χ4v) is 1.98. The van der Waals surface area contributed by atoms with Crippen molar-refractivity contribution in [2.75, 3.05) is 12.4 Å². The summed E-state index contributed by atoms with van der Waals surface area (Å²) in [6.07, 6.45) is 0. The van der Waals surface area contributed by atoms with E-state index in [2.05, 4.69) is 21.2 Å². The van der Waals surface area contributed by atoms with Crippen molar-refractivity contribution in [3.63, 3.8) is 0 Å². The van der Waals surface area contributed by atoms with Crippen LogP contribution in [0.5, 0.6) is 5.75 Å². The zero-order chi connectivity index (χ0) is 13.8. The van der Waals surface area contributed by atoms with E-state index in [4.69, 9.17) is 4.74 Å². The van der Waals surface area contributed by atoms with Crippen LogP contribution in [0.4, 0.5) is 14.5 Å². The molecule has 0 spiro atoms. The smallest absolute Gasteiger partial charge is 0.165 e. The van der Waals surface area contributed by atoms with Gasteiger partial charge in [0.25, 0.3) is 0 Å². The first-order valence-corrected chi connectivity index (χ1v) is 6.41. The summed E-state index contributed by atoms with van der Waals surface area (Å²) in [5.41, 5.74) is 1.08. The van der Waals surface area contributed by atoms with Crippen molar-refractivity contribution in [1.29, 1.82) is 0 Å². The van der Waals surface area contributed by atoms with Gasteiger partial charge in [-0.15, -0.1) is 0 Å². The molecule has 0 radical (unpaired) electrons. The first kappa shape index (κ1) is 13.8. The molecule has 0 aliphatic rings. The second kappa shape index (κ2) is 6.02. The Morgan fingerprint density at radius 2 is 1.89 bits per heavy atom. The molecule has 2 nitrogen and oxygen atoms in total. The zero-order valence-corrected chi connectivity index (χ0v) is 11.8.